The highest BCUT2D eigenvalue weighted by Gasteiger charge is 2.25. The van der Waals surface area contributed by atoms with Crippen LogP contribution in [0.4, 0.5) is 5.69 Å². The second kappa shape index (κ2) is 6.86. The van der Waals surface area contributed by atoms with Crippen molar-refractivity contribution in [3.05, 3.63) is 57.3 Å². The lowest BCUT2D eigenvalue weighted by molar-refractivity contribution is 0.600. The van der Waals surface area contributed by atoms with E-state index in [-0.39, 0.29) is 9.92 Å². The molecule has 0 radical (unpaired) electrons. The molecular formula is C16H15Cl2N5O2S. The Morgan fingerprint density at radius 1 is 1.12 bits per heavy atom. The molecule has 7 nitrogen and oxygen atoms in total. The number of hydrogen-bond donors (Lipinski definition) is 1. The Morgan fingerprint density at radius 2 is 1.85 bits per heavy atom. The lowest BCUT2D eigenvalue weighted by atomic mass is 10.1. The van der Waals surface area contributed by atoms with Gasteiger partial charge in [0.05, 0.1) is 16.4 Å². The quantitative estimate of drug-likeness (QED) is 0.706. The minimum absolute atomic E-state index is 0.0311. The number of nitrogens with zero attached hydrogens (tertiary/aromatic N) is 4. The molecule has 0 aliphatic carbocycles. The predicted molar refractivity (Wildman–Crippen MR) is 101 cm³/mol. The van der Waals surface area contributed by atoms with Crippen LogP contribution in [0, 0.1) is 20.8 Å². The molecule has 0 saturated carbocycles. The number of halogens is 2. The Balaban J connectivity index is 2.09. The first-order chi connectivity index (χ1) is 12.2. The molecule has 136 valence electrons. The monoisotopic (exact) mass is 411 g/mol. The number of aromatic nitrogens is 4. The minimum Gasteiger partial charge on any atom is -0.279 e. The normalized spacial score (nSPS) is 11.6. The molecular weight excluding hydrogens is 397 g/mol. The van der Waals surface area contributed by atoms with Gasteiger partial charge in [-0.1, -0.05) is 29.3 Å². The Kier molecular flexibility index (Phi) is 4.92. The fourth-order valence-electron chi connectivity index (χ4n) is 2.58. The molecule has 0 amide bonds. The van der Waals surface area contributed by atoms with Gasteiger partial charge in [-0.05, 0) is 66.1 Å². The van der Waals surface area contributed by atoms with E-state index in [1.165, 1.54) is 11.0 Å². The summed E-state index contributed by atoms with van der Waals surface area (Å²) in [4.78, 5) is -0.0311. The molecule has 1 heterocycles. The maximum Gasteiger partial charge on any atom is 0.263 e. The van der Waals surface area contributed by atoms with E-state index in [0.29, 0.717) is 33.1 Å². The van der Waals surface area contributed by atoms with Crippen LogP contribution in [-0.2, 0) is 10.0 Å². The van der Waals surface area contributed by atoms with E-state index in [0.717, 1.165) is 0 Å². The van der Waals surface area contributed by atoms with Crippen LogP contribution in [0.1, 0.15) is 16.7 Å². The molecule has 2 aromatic carbocycles. The largest absolute Gasteiger partial charge is 0.279 e. The molecule has 0 fully saturated rings. The van der Waals surface area contributed by atoms with Gasteiger partial charge in [0.2, 0.25) is 0 Å². The summed E-state index contributed by atoms with van der Waals surface area (Å²) >= 11 is 12.4. The van der Waals surface area contributed by atoms with Crippen LogP contribution >= 0.6 is 23.2 Å². The highest BCUT2D eigenvalue weighted by Crippen LogP contribution is 2.35. The molecule has 0 bridgehead atoms. The summed E-state index contributed by atoms with van der Waals surface area (Å²) in [7, 11) is -3.96. The molecule has 1 N–H and O–H groups in total. The smallest absolute Gasteiger partial charge is 0.263 e. The van der Waals surface area contributed by atoms with Crippen LogP contribution in [0.5, 0.6) is 0 Å². The zero-order valence-electron chi connectivity index (χ0n) is 14.2. The lowest BCUT2D eigenvalue weighted by Gasteiger charge is -2.17. The van der Waals surface area contributed by atoms with E-state index in [9.17, 15) is 8.42 Å². The Labute approximate surface area is 161 Å². The molecule has 3 rings (SSSR count). The maximum atomic E-state index is 13.0. The summed E-state index contributed by atoms with van der Waals surface area (Å²) in [6.07, 6.45) is 1.43. The average molecular weight is 412 g/mol. The summed E-state index contributed by atoms with van der Waals surface area (Å²) in [6.45, 7) is 5.09. The average Bonchev–Trinajstić information content (AvgIpc) is 3.09. The minimum atomic E-state index is -3.96. The van der Waals surface area contributed by atoms with Crippen molar-refractivity contribution < 1.29 is 8.42 Å². The van der Waals surface area contributed by atoms with Gasteiger partial charge < -0.3 is 0 Å². The van der Waals surface area contributed by atoms with Crippen LogP contribution in [0.25, 0.3) is 5.69 Å². The molecule has 3 aromatic rings. The molecule has 0 aliphatic heterocycles. The molecule has 10 heteroatoms. The van der Waals surface area contributed by atoms with E-state index < -0.39 is 10.0 Å². The van der Waals surface area contributed by atoms with Gasteiger partial charge in [-0.3, -0.25) is 4.72 Å². The molecule has 1 aromatic heterocycles. The van der Waals surface area contributed by atoms with E-state index in [2.05, 4.69) is 20.2 Å². The highest BCUT2D eigenvalue weighted by molar-refractivity contribution is 7.93. The number of tetrazole rings is 1. The number of sulfonamides is 1. The summed E-state index contributed by atoms with van der Waals surface area (Å²) in [5.74, 6) is 0. The highest BCUT2D eigenvalue weighted by atomic mass is 35.5. The standard InChI is InChI=1S/C16H15Cl2N5O2S/c1-9-7-12(17)10(2)16(15(9)18)26(24,25)20-13-5-4-6-14(11(13)3)23-8-19-21-22-23/h4-8,20H,1-3H3. The second-order valence-electron chi connectivity index (χ2n) is 5.75. The molecule has 0 saturated heterocycles. The van der Waals surface area contributed by atoms with Crippen molar-refractivity contribution in [2.75, 3.05) is 4.72 Å². The molecule has 0 spiro atoms. The number of nitrogens with one attached hydrogen (secondary N) is 1. The third-order valence-corrected chi connectivity index (χ3v) is 6.53. The van der Waals surface area contributed by atoms with Gasteiger partial charge in [-0.25, -0.2) is 13.1 Å². The zero-order chi connectivity index (χ0) is 19.1. The van der Waals surface area contributed by atoms with Gasteiger partial charge in [0.15, 0.2) is 0 Å². The fourth-order valence-corrected chi connectivity index (χ4v) is 4.92. The van der Waals surface area contributed by atoms with Gasteiger partial charge in [-0.2, -0.15) is 0 Å². The fraction of sp³-hybridized carbons (Fsp3) is 0.188. The van der Waals surface area contributed by atoms with Crippen molar-refractivity contribution >= 4 is 38.9 Å². The topological polar surface area (TPSA) is 89.8 Å². The third kappa shape index (κ3) is 3.27. The SMILES string of the molecule is Cc1cc(Cl)c(C)c(S(=O)(=O)Nc2cccc(-n3cnnn3)c2C)c1Cl. The maximum absolute atomic E-state index is 13.0. The Morgan fingerprint density at radius 3 is 2.50 bits per heavy atom. The summed E-state index contributed by atoms with van der Waals surface area (Å²) in [5, 5.41) is 11.5. The van der Waals surface area contributed by atoms with Gasteiger partial charge >= 0.3 is 0 Å². The van der Waals surface area contributed by atoms with Crippen molar-refractivity contribution in [1.29, 1.82) is 0 Å². The van der Waals surface area contributed by atoms with Gasteiger partial charge in [-0.15, -0.1) is 5.10 Å². The van der Waals surface area contributed by atoms with Crippen molar-refractivity contribution in [2.45, 2.75) is 25.7 Å². The second-order valence-corrected chi connectivity index (χ2v) is 8.16. The predicted octanol–water partition coefficient (Wildman–Crippen LogP) is 3.70. The number of aryl methyl sites for hydroxylation is 1. The first-order valence-electron chi connectivity index (χ1n) is 7.53. The first kappa shape index (κ1) is 18.6. The lowest BCUT2D eigenvalue weighted by Crippen LogP contribution is -2.17. The van der Waals surface area contributed by atoms with Crippen LogP contribution in [0.15, 0.2) is 35.5 Å². The zero-order valence-corrected chi connectivity index (χ0v) is 16.5. The first-order valence-corrected chi connectivity index (χ1v) is 9.77. The number of hydrogen-bond acceptors (Lipinski definition) is 5. The number of benzene rings is 2. The van der Waals surface area contributed by atoms with Crippen molar-refractivity contribution in [1.82, 2.24) is 20.2 Å². The third-order valence-electron chi connectivity index (χ3n) is 4.00. The number of rotatable bonds is 4. The Bertz CT molecular complexity index is 1060. The van der Waals surface area contributed by atoms with Crippen molar-refractivity contribution in [3.63, 3.8) is 0 Å². The summed E-state index contributed by atoms with van der Waals surface area (Å²) in [6, 6.07) is 6.79. The summed E-state index contributed by atoms with van der Waals surface area (Å²) < 4.78 is 30.0. The van der Waals surface area contributed by atoms with Gasteiger partial charge in [0.1, 0.15) is 11.2 Å². The van der Waals surface area contributed by atoms with Crippen LogP contribution < -0.4 is 4.72 Å². The Hall–Kier alpha value is -2.16. The molecule has 0 unspecified atom stereocenters. The molecule has 0 atom stereocenters. The van der Waals surface area contributed by atoms with Crippen LogP contribution in [0.2, 0.25) is 10.0 Å². The van der Waals surface area contributed by atoms with E-state index >= 15 is 0 Å². The van der Waals surface area contributed by atoms with Gasteiger partial charge in [0, 0.05) is 5.02 Å². The van der Waals surface area contributed by atoms with Crippen molar-refractivity contribution in [3.8, 4) is 5.69 Å². The molecule has 0 aliphatic rings. The van der Waals surface area contributed by atoms with Gasteiger partial charge in [0.25, 0.3) is 10.0 Å². The van der Waals surface area contributed by atoms with E-state index in [1.807, 2.05) is 0 Å². The van der Waals surface area contributed by atoms with Crippen LogP contribution in [-0.4, -0.2) is 28.6 Å². The summed E-state index contributed by atoms with van der Waals surface area (Å²) in [5.41, 5.74) is 2.69. The molecule has 26 heavy (non-hydrogen) atoms. The van der Waals surface area contributed by atoms with E-state index in [1.54, 1.807) is 45.0 Å². The number of anilines is 1. The van der Waals surface area contributed by atoms with Crippen molar-refractivity contribution in [2.24, 2.45) is 0 Å². The van der Waals surface area contributed by atoms with Crippen LogP contribution in [0.3, 0.4) is 0 Å². The van der Waals surface area contributed by atoms with E-state index in [4.69, 9.17) is 23.2 Å².